The molecule has 0 amide bonds. The molecule has 1 aromatic carbocycles. The third kappa shape index (κ3) is 3.82. The average molecular weight is 260 g/mol. The molecule has 2 rings (SSSR count). The molecule has 0 spiro atoms. The number of nitrogens with zero attached hydrogens (tertiary/aromatic N) is 1. The molecule has 104 valence electrons. The van der Waals surface area contributed by atoms with Gasteiger partial charge in [0.25, 0.3) is 0 Å². The highest BCUT2D eigenvalue weighted by molar-refractivity contribution is 5.80. The van der Waals surface area contributed by atoms with E-state index in [1.165, 1.54) is 23.9 Å². The normalized spacial score (nSPS) is 11.5. The van der Waals surface area contributed by atoms with Gasteiger partial charge >= 0.3 is 0 Å². The van der Waals surface area contributed by atoms with Crippen LogP contribution >= 0.6 is 0 Å². The minimum absolute atomic E-state index is 0.884. The van der Waals surface area contributed by atoms with E-state index < -0.39 is 0 Å². The minimum atomic E-state index is 0.884. The molecule has 1 heterocycles. The van der Waals surface area contributed by atoms with Crippen LogP contribution in [-0.4, -0.2) is 31.1 Å². The van der Waals surface area contributed by atoms with Crippen LogP contribution < -0.4 is 5.32 Å². The zero-order valence-corrected chi connectivity index (χ0v) is 12.0. The summed E-state index contributed by atoms with van der Waals surface area (Å²) in [6.45, 7) is 9.83. The Morgan fingerprint density at radius 1 is 1.16 bits per heavy atom. The predicted molar refractivity (Wildman–Crippen MR) is 80.3 cm³/mol. The van der Waals surface area contributed by atoms with Crippen LogP contribution in [0.25, 0.3) is 11.0 Å². The second-order valence-corrected chi connectivity index (χ2v) is 4.81. The second-order valence-electron chi connectivity index (χ2n) is 4.81. The minimum Gasteiger partial charge on any atom is -0.464 e. The average Bonchev–Trinajstić information content (AvgIpc) is 2.86. The molecule has 0 bridgehead atoms. The van der Waals surface area contributed by atoms with Gasteiger partial charge in [-0.3, -0.25) is 0 Å². The van der Waals surface area contributed by atoms with Crippen molar-refractivity contribution in [3.8, 4) is 0 Å². The quantitative estimate of drug-likeness (QED) is 0.739. The number of nitrogens with one attached hydrogen (secondary N) is 1. The van der Waals surface area contributed by atoms with Gasteiger partial charge in [0.1, 0.15) is 5.58 Å². The van der Waals surface area contributed by atoms with E-state index in [0.717, 1.165) is 31.8 Å². The molecule has 0 saturated carbocycles. The first-order valence-corrected chi connectivity index (χ1v) is 7.23. The summed E-state index contributed by atoms with van der Waals surface area (Å²) < 4.78 is 5.53. The first kappa shape index (κ1) is 14.1. The van der Waals surface area contributed by atoms with Gasteiger partial charge in [0.15, 0.2) is 0 Å². The van der Waals surface area contributed by atoms with Crippen molar-refractivity contribution in [2.45, 2.75) is 26.8 Å². The van der Waals surface area contributed by atoms with Crippen molar-refractivity contribution < 1.29 is 4.42 Å². The van der Waals surface area contributed by atoms with Gasteiger partial charge in [0.05, 0.1) is 6.26 Å². The molecule has 0 aliphatic carbocycles. The molecule has 19 heavy (non-hydrogen) atoms. The Bertz CT molecular complexity index is 488. The van der Waals surface area contributed by atoms with E-state index in [0.29, 0.717) is 0 Å². The highest BCUT2D eigenvalue weighted by atomic mass is 16.3. The van der Waals surface area contributed by atoms with Crippen LogP contribution in [0, 0.1) is 0 Å². The zero-order valence-electron chi connectivity index (χ0n) is 12.0. The first-order chi connectivity index (χ1) is 9.35. The van der Waals surface area contributed by atoms with Crippen LogP contribution in [0.1, 0.15) is 25.8 Å². The number of hydrogen-bond donors (Lipinski definition) is 1. The number of furan rings is 1. The lowest BCUT2D eigenvalue weighted by atomic mass is 10.2. The zero-order chi connectivity index (χ0) is 13.5. The van der Waals surface area contributed by atoms with Crippen LogP contribution in [0.4, 0.5) is 0 Å². The second kappa shape index (κ2) is 7.31. The number of hydrogen-bond acceptors (Lipinski definition) is 3. The summed E-state index contributed by atoms with van der Waals surface area (Å²) in [6.07, 6.45) is 3.06. The molecule has 1 aromatic heterocycles. The number of para-hydroxylation sites is 1. The van der Waals surface area contributed by atoms with E-state index in [2.05, 4.69) is 36.2 Å². The van der Waals surface area contributed by atoms with Crippen LogP contribution in [0.15, 0.2) is 34.9 Å². The van der Waals surface area contributed by atoms with Gasteiger partial charge in [-0.1, -0.05) is 32.0 Å². The maximum atomic E-state index is 5.53. The van der Waals surface area contributed by atoms with Crippen molar-refractivity contribution in [3.63, 3.8) is 0 Å². The largest absolute Gasteiger partial charge is 0.464 e. The highest BCUT2D eigenvalue weighted by Gasteiger charge is 2.04. The fourth-order valence-electron chi connectivity index (χ4n) is 2.36. The molecule has 0 radical (unpaired) electrons. The third-order valence-corrected chi connectivity index (χ3v) is 3.60. The Kier molecular flexibility index (Phi) is 5.43. The maximum absolute atomic E-state index is 5.53. The molecule has 0 fully saturated rings. The van der Waals surface area contributed by atoms with E-state index in [9.17, 15) is 0 Å². The fourth-order valence-corrected chi connectivity index (χ4v) is 2.36. The molecular formula is C16H24N2O. The van der Waals surface area contributed by atoms with Crippen LogP contribution in [0.3, 0.4) is 0 Å². The lowest BCUT2D eigenvalue weighted by Crippen LogP contribution is -2.27. The van der Waals surface area contributed by atoms with Gasteiger partial charge in [-0.05, 0) is 38.7 Å². The van der Waals surface area contributed by atoms with Crippen LogP contribution in [0.2, 0.25) is 0 Å². The number of benzene rings is 1. The smallest absolute Gasteiger partial charge is 0.134 e. The Balaban J connectivity index is 1.74. The Morgan fingerprint density at radius 2 is 1.95 bits per heavy atom. The Hall–Kier alpha value is -1.32. The van der Waals surface area contributed by atoms with Gasteiger partial charge in [-0.2, -0.15) is 0 Å². The van der Waals surface area contributed by atoms with Crippen LogP contribution in [-0.2, 0) is 6.54 Å². The standard InChI is InChI=1S/C16H24N2O/c1-3-18(4-2)11-7-10-17-12-14-13-19-16-9-6-5-8-15(14)16/h5-6,8-9,13,17H,3-4,7,10-12H2,1-2H3. The summed E-state index contributed by atoms with van der Waals surface area (Å²) in [4.78, 5) is 2.45. The van der Waals surface area contributed by atoms with E-state index in [4.69, 9.17) is 4.42 Å². The molecule has 0 unspecified atom stereocenters. The molecule has 0 aliphatic rings. The van der Waals surface area contributed by atoms with Crippen molar-refractivity contribution in [1.29, 1.82) is 0 Å². The van der Waals surface area contributed by atoms with Gasteiger partial charge in [-0.15, -0.1) is 0 Å². The van der Waals surface area contributed by atoms with Gasteiger partial charge in [-0.25, -0.2) is 0 Å². The van der Waals surface area contributed by atoms with E-state index in [-0.39, 0.29) is 0 Å². The molecule has 3 heteroatoms. The Labute approximate surface area is 115 Å². The SMILES string of the molecule is CCN(CC)CCCNCc1coc2ccccc12. The summed E-state index contributed by atoms with van der Waals surface area (Å²) in [5, 5.41) is 4.72. The molecule has 2 aromatic rings. The van der Waals surface area contributed by atoms with E-state index in [1.807, 2.05) is 18.4 Å². The van der Waals surface area contributed by atoms with E-state index >= 15 is 0 Å². The first-order valence-electron chi connectivity index (χ1n) is 7.23. The van der Waals surface area contributed by atoms with Crippen molar-refractivity contribution in [1.82, 2.24) is 10.2 Å². The summed E-state index contributed by atoms with van der Waals surface area (Å²) in [5.74, 6) is 0. The summed E-state index contributed by atoms with van der Waals surface area (Å²) in [5.41, 5.74) is 2.22. The fraction of sp³-hybridized carbons (Fsp3) is 0.500. The maximum Gasteiger partial charge on any atom is 0.134 e. The van der Waals surface area contributed by atoms with Gasteiger partial charge in [0, 0.05) is 17.5 Å². The van der Waals surface area contributed by atoms with Crippen molar-refractivity contribution in [3.05, 3.63) is 36.1 Å². The third-order valence-electron chi connectivity index (χ3n) is 3.60. The molecule has 0 saturated heterocycles. The molecule has 3 nitrogen and oxygen atoms in total. The van der Waals surface area contributed by atoms with Crippen molar-refractivity contribution >= 4 is 11.0 Å². The summed E-state index contributed by atoms with van der Waals surface area (Å²) >= 11 is 0. The van der Waals surface area contributed by atoms with Gasteiger partial charge < -0.3 is 14.6 Å². The van der Waals surface area contributed by atoms with Crippen LogP contribution in [0.5, 0.6) is 0 Å². The molecular weight excluding hydrogens is 236 g/mol. The monoisotopic (exact) mass is 260 g/mol. The van der Waals surface area contributed by atoms with Crippen molar-refractivity contribution in [2.75, 3.05) is 26.2 Å². The molecule has 1 N–H and O–H groups in total. The number of rotatable bonds is 8. The Morgan fingerprint density at radius 3 is 2.74 bits per heavy atom. The van der Waals surface area contributed by atoms with E-state index in [1.54, 1.807) is 0 Å². The number of fused-ring (bicyclic) bond motifs is 1. The topological polar surface area (TPSA) is 28.4 Å². The summed E-state index contributed by atoms with van der Waals surface area (Å²) in [6, 6.07) is 8.19. The molecule has 0 atom stereocenters. The summed E-state index contributed by atoms with van der Waals surface area (Å²) in [7, 11) is 0. The lowest BCUT2D eigenvalue weighted by Gasteiger charge is -2.17. The lowest BCUT2D eigenvalue weighted by molar-refractivity contribution is 0.298. The molecule has 0 aliphatic heterocycles. The highest BCUT2D eigenvalue weighted by Crippen LogP contribution is 2.20. The predicted octanol–water partition coefficient (Wildman–Crippen LogP) is 3.25. The van der Waals surface area contributed by atoms with Gasteiger partial charge in [0.2, 0.25) is 0 Å². The van der Waals surface area contributed by atoms with Crippen molar-refractivity contribution in [2.24, 2.45) is 0 Å².